The van der Waals surface area contributed by atoms with Gasteiger partial charge in [-0.05, 0) is 72.1 Å². The predicted octanol–water partition coefficient (Wildman–Crippen LogP) is 7.92. The Morgan fingerprint density at radius 2 is 1.87 bits per heavy atom. The second kappa shape index (κ2) is 14.1. The zero-order valence-corrected chi connectivity index (χ0v) is 24.9. The van der Waals surface area contributed by atoms with Gasteiger partial charge in [-0.25, -0.2) is 9.79 Å². The molecule has 0 saturated carbocycles. The van der Waals surface area contributed by atoms with Crippen molar-refractivity contribution in [1.29, 1.82) is 0 Å². The molecule has 0 unspecified atom stereocenters. The topological polar surface area (TPSA) is 94.4 Å². The van der Waals surface area contributed by atoms with E-state index in [-0.39, 0.29) is 41.9 Å². The normalized spacial score (nSPS) is 15.3. The summed E-state index contributed by atoms with van der Waals surface area (Å²) in [6.07, 6.45) is 2.51. The van der Waals surface area contributed by atoms with Crippen molar-refractivity contribution in [3.8, 4) is 11.5 Å². The van der Waals surface area contributed by atoms with Gasteiger partial charge < -0.3 is 19.3 Å². The monoisotopic (exact) mass is 641 g/mol. The smallest absolute Gasteiger partial charge is 0.344 e. The van der Waals surface area contributed by atoms with E-state index >= 15 is 0 Å². The lowest BCUT2D eigenvalue weighted by Crippen LogP contribution is -2.14. The molecule has 11 heteroatoms. The predicted molar refractivity (Wildman–Crippen MR) is 155 cm³/mol. The second-order valence-corrected chi connectivity index (χ2v) is 10.6. The number of hydrogen-bond donors (Lipinski definition) is 1. The van der Waals surface area contributed by atoms with Gasteiger partial charge in [-0.3, -0.25) is 4.79 Å². The van der Waals surface area contributed by atoms with E-state index in [0.29, 0.717) is 49.5 Å². The molecule has 0 radical (unpaired) electrons. The molecular formula is C27H26BrCl2NO6S. The van der Waals surface area contributed by atoms with E-state index in [4.69, 9.17) is 37.4 Å². The van der Waals surface area contributed by atoms with Crippen LogP contribution in [-0.4, -0.2) is 35.2 Å². The van der Waals surface area contributed by atoms with Crippen molar-refractivity contribution in [2.75, 3.05) is 13.2 Å². The van der Waals surface area contributed by atoms with Gasteiger partial charge in [0, 0.05) is 22.0 Å². The van der Waals surface area contributed by atoms with E-state index in [9.17, 15) is 14.7 Å². The number of amides is 1. The lowest BCUT2D eigenvalue weighted by atomic mass is 10.1. The van der Waals surface area contributed by atoms with Crippen LogP contribution in [0.3, 0.4) is 0 Å². The fourth-order valence-electron chi connectivity index (χ4n) is 3.39. The SMILES string of the molecule is CCCC(=O)N=C1S/C(=C\c2cc(Br)c(OCc3ccc(Cl)cc3Cl)c(OCC)c2)C(O)=C1C(=O)OCC. The molecule has 1 heterocycles. The van der Waals surface area contributed by atoms with Gasteiger partial charge in [0.1, 0.15) is 23.0 Å². The number of nitrogens with zero attached hydrogens (tertiary/aromatic N) is 1. The number of aliphatic imine (C=N–C) groups is 1. The van der Waals surface area contributed by atoms with E-state index in [1.54, 1.807) is 43.3 Å². The number of hydrogen-bond acceptors (Lipinski definition) is 7. The molecule has 0 bridgehead atoms. The molecule has 0 atom stereocenters. The van der Waals surface area contributed by atoms with Crippen LogP contribution in [0.5, 0.6) is 11.5 Å². The van der Waals surface area contributed by atoms with Gasteiger partial charge in [0.05, 0.1) is 22.6 Å². The van der Waals surface area contributed by atoms with Crippen molar-refractivity contribution in [3.63, 3.8) is 0 Å². The van der Waals surface area contributed by atoms with E-state index in [2.05, 4.69) is 20.9 Å². The van der Waals surface area contributed by atoms with Crippen LogP contribution in [-0.2, 0) is 20.9 Å². The van der Waals surface area contributed by atoms with Gasteiger partial charge in [-0.2, -0.15) is 0 Å². The minimum Gasteiger partial charge on any atom is -0.506 e. The molecule has 202 valence electrons. The van der Waals surface area contributed by atoms with Gasteiger partial charge in [-0.1, -0.05) is 48.0 Å². The lowest BCUT2D eigenvalue weighted by Gasteiger charge is -2.15. The zero-order valence-electron chi connectivity index (χ0n) is 21.0. The van der Waals surface area contributed by atoms with Crippen LogP contribution >= 0.6 is 50.9 Å². The number of rotatable bonds is 10. The Bertz CT molecular complexity index is 1320. The molecule has 2 aromatic carbocycles. The van der Waals surface area contributed by atoms with Crippen LogP contribution in [0.1, 0.15) is 44.7 Å². The maximum absolute atomic E-state index is 12.5. The van der Waals surface area contributed by atoms with E-state index in [1.165, 1.54) is 0 Å². The first-order chi connectivity index (χ1) is 18.2. The Morgan fingerprint density at radius 1 is 1.11 bits per heavy atom. The van der Waals surface area contributed by atoms with Crippen molar-refractivity contribution in [2.24, 2.45) is 4.99 Å². The number of aliphatic hydroxyl groups excluding tert-OH is 1. The average Bonchev–Trinajstić information content (AvgIpc) is 3.14. The highest BCUT2D eigenvalue weighted by Crippen LogP contribution is 2.42. The van der Waals surface area contributed by atoms with Crippen molar-refractivity contribution < 1.29 is 28.9 Å². The van der Waals surface area contributed by atoms with Crippen LogP contribution in [0.25, 0.3) is 6.08 Å². The number of thioether (sulfide) groups is 1. The molecule has 38 heavy (non-hydrogen) atoms. The van der Waals surface area contributed by atoms with Gasteiger partial charge in [-0.15, -0.1) is 0 Å². The first kappa shape index (κ1) is 30.1. The number of esters is 1. The quantitative estimate of drug-likeness (QED) is 0.263. The molecule has 1 aliphatic rings. The minimum absolute atomic E-state index is 0.106. The number of aliphatic hydroxyl groups is 1. The van der Waals surface area contributed by atoms with Crippen LogP contribution in [0.15, 0.2) is 56.0 Å². The Kier molecular flexibility index (Phi) is 11.1. The maximum Gasteiger partial charge on any atom is 0.344 e. The van der Waals surface area contributed by atoms with Crippen LogP contribution in [0.4, 0.5) is 0 Å². The fraction of sp³-hybridized carbons (Fsp3) is 0.296. The molecule has 7 nitrogen and oxygen atoms in total. The Balaban J connectivity index is 1.96. The Labute approximate surface area is 244 Å². The number of benzene rings is 2. The number of carbonyl (C=O) groups is 2. The third kappa shape index (κ3) is 7.56. The average molecular weight is 643 g/mol. The molecule has 3 rings (SSSR count). The van der Waals surface area contributed by atoms with Gasteiger partial charge in [0.15, 0.2) is 11.5 Å². The molecule has 1 N–H and O–H groups in total. The van der Waals surface area contributed by atoms with Crippen LogP contribution in [0, 0.1) is 0 Å². The summed E-state index contributed by atoms with van der Waals surface area (Å²) >= 11 is 16.8. The molecule has 0 aliphatic carbocycles. The van der Waals surface area contributed by atoms with Crippen molar-refractivity contribution in [2.45, 2.75) is 40.2 Å². The summed E-state index contributed by atoms with van der Waals surface area (Å²) in [4.78, 5) is 29.1. The van der Waals surface area contributed by atoms with Gasteiger partial charge in [0.2, 0.25) is 5.91 Å². The molecule has 0 saturated heterocycles. The number of ether oxygens (including phenoxy) is 3. The second-order valence-electron chi connectivity index (χ2n) is 7.90. The molecule has 0 fully saturated rings. The molecule has 2 aromatic rings. The molecular weight excluding hydrogens is 617 g/mol. The highest BCUT2D eigenvalue weighted by molar-refractivity contribution is 9.10. The maximum atomic E-state index is 12.5. The summed E-state index contributed by atoms with van der Waals surface area (Å²) < 4.78 is 17.5. The molecule has 0 aromatic heterocycles. The number of halogens is 3. The van der Waals surface area contributed by atoms with E-state index < -0.39 is 5.97 Å². The minimum atomic E-state index is -0.746. The third-order valence-electron chi connectivity index (χ3n) is 5.08. The lowest BCUT2D eigenvalue weighted by molar-refractivity contribution is -0.138. The summed E-state index contributed by atoms with van der Waals surface area (Å²) in [5, 5.41) is 12.0. The van der Waals surface area contributed by atoms with Gasteiger partial charge in [0.25, 0.3) is 0 Å². The molecule has 0 spiro atoms. The van der Waals surface area contributed by atoms with Crippen molar-refractivity contribution >= 4 is 73.9 Å². The standard InChI is InChI=1S/C27H26BrCl2NO6S/c1-4-7-22(32)31-26-23(27(34)36-6-3)24(33)21(38-26)12-15-10-18(28)25(20(11-15)35-5-2)37-14-16-8-9-17(29)13-19(16)30/h8-13,33H,4-7,14H2,1-3H3/b21-12-,31-26?. The number of carbonyl (C=O) groups excluding carboxylic acids is 2. The molecule has 1 amide bonds. The highest BCUT2D eigenvalue weighted by Gasteiger charge is 2.33. The first-order valence-electron chi connectivity index (χ1n) is 11.8. The zero-order chi connectivity index (χ0) is 27.8. The largest absolute Gasteiger partial charge is 0.506 e. The first-order valence-corrected chi connectivity index (χ1v) is 14.2. The molecule has 1 aliphatic heterocycles. The summed E-state index contributed by atoms with van der Waals surface area (Å²) in [6, 6.07) is 8.69. The summed E-state index contributed by atoms with van der Waals surface area (Å²) in [5.41, 5.74) is 1.27. The van der Waals surface area contributed by atoms with Crippen LogP contribution in [0.2, 0.25) is 10.0 Å². The Hall–Kier alpha value is -2.46. The highest BCUT2D eigenvalue weighted by atomic mass is 79.9. The van der Waals surface area contributed by atoms with E-state index in [1.807, 2.05) is 13.8 Å². The van der Waals surface area contributed by atoms with Crippen molar-refractivity contribution in [1.82, 2.24) is 0 Å². The van der Waals surface area contributed by atoms with E-state index in [0.717, 1.165) is 17.3 Å². The van der Waals surface area contributed by atoms with Gasteiger partial charge >= 0.3 is 5.97 Å². The third-order valence-corrected chi connectivity index (χ3v) is 7.27. The summed E-state index contributed by atoms with van der Waals surface area (Å²) in [5.74, 6) is -0.496. The van der Waals surface area contributed by atoms with Crippen molar-refractivity contribution in [3.05, 3.63) is 72.2 Å². The summed E-state index contributed by atoms with van der Waals surface area (Å²) in [6.45, 7) is 6.04. The fourth-order valence-corrected chi connectivity index (χ4v) is 5.46. The van der Waals surface area contributed by atoms with Crippen LogP contribution < -0.4 is 9.47 Å². The Morgan fingerprint density at radius 3 is 2.53 bits per heavy atom. The summed E-state index contributed by atoms with van der Waals surface area (Å²) in [7, 11) is 0.